The van der Waals surface area contributed by atoms with E-state index in [1.54, 1.807) is 7.11 Å². The van der Waals surface area contributed by atoms with E-state index in [-0.39, 0.29) is 12.1 Å². The summed E-state index contributed by atoms with van der Waals surface area (Å²) in [4.78, 5) is 22.6. The second kappa shape index (κ2) is 7.32. The number of fused-ring (bicyclic) bond motifs is 1. The first kappa shape index (κ1) is 17.4. The zero-order chi connectivity index (χ0) is 18.8. The molecule has 4 aromatic rings. The van der Waals surface area contributed by atoms with E-state index in [2.05, 4.69) is 15.1 Å². The Morgan fingerprint density at radius 1 is 1.26 bits per heavy atom. The van der Waals surface area contributed by atoms with Crippen LogP contribution >= 0.6 is 11.3 Å². The van der Waals surface area contributed by atoms with Crippen molar-refractivity contribution in [2.24, 2.45) is 0 Å². The van der Waals surface area contributed by atoms with Gasteiger partial charge in [0, 0.05) is 11.3 Å². The quantitative estimate of drug-likeness (QED) is 0.507. The Morgan fingerprint density at radius 3 is 2.81 bits per heavy atom. The normalized spacial score (nSPS) is 11.2. The van der Waals surface area contributed by atoms with Crippen molar-refractivity contribution in [2.45, 2.75) is 26.3 Å². The minimum Gasteiger partial charge on any atom is -0.497 e. The van der Waals surface area contributed by atoms with Crippen LogP contribution in [-0.4, -0.2) is 26.8 Å². The lowest BCUT2D eigenvalue weighted by atomic mass is 10.2. The van der Waals surface area contributed by atoms with Crippen molar-refractivity contribution in [2.75, 3.05) is 7.11 Å². The van der Waals surface area contributed by atoms with Crippen LogP contribution in [0.15, 0.2) is 46.0 Å². The third kappa shape index (κ3) is 3.48. The molecule has 0 aliphatic rings. The Kier molecular flexibility index (Phi) is 4.72. The van der Waals surface area contributed by atoms with Gasteiger partial charge in [0.1, 0.15) is 10.4 Å². The van der Waals surface area contributed by atoms with Gasteiger partial charge in [-0.1, -0.05) is 12.1 Å². The van der Waals surface area contributed by atoms with Crippen molar-refractivity contribution >= 4 is 21.6 Å². The van der Waals surface area contributed by atoms with Gasteiger partial charge in [0.25, 0.3) is 5.56 Å². The smallest absolute Gasteiger partial charge is 0.271 e. The zero-order valence-corrected chi connectivity index (χ0v) is 15.8. The van der Waals surface area contributed by atoms with Gasteiger partial charge in [0.2, 0.25) is 5.89 Å². The average molecular weight is 382 g/mol. The summed E-state index contributed by atoms with van der Waals surface area (Å²) in [5.41, 5.74) is 1.60. The molecule has 3 aromatic heterocycles. The van der Waals surface area contributed by atoms with E-state index >= 15 is 0 Å². The predicted molar refractivity (Wildman–Crippen MR) is 103 cm³/mol. The molecule has 8 heteroatoms. The Balaban J connectivity index is 1.65. The van der Waals surface area contributed by atoms with Gasteiger partial charge in [-0.3, -0.25) is 9.36 Å². The van der Waals surface area contributed by atoms with Crippen molar-refractivity contribution in [3.8, 4) is 16.2 Å². The molecule has 0 saturated carbocycles. The van der Waals surface area contributed by atoms with Gasteiger partial charge in [0.15, 0.2) is 5.82 Å². The van der Waals surface area contributed by atoms with Gasteiger partial charge < -0.3 is 9.26 Å². The van der Waals surface area contributed by atoms with Crippen molar-refractivity contribution in [1.82, 2.24) is 19.7 Å². The summed E-state index contributed by atoms with van der Waals surface area (Å²) in [6, 6.07) is 9.67. The number of benzene rings is 1. The van der Waals surface area contributed by atoms with Crippen LogP contribution in [0, 0.1) is 0 Å². The minimum absolute atomic E-state index is 0.105. The van der Waals surface area contributed by atoms with Gasteiger partial charge in [-0.2, -0.15) is 4.98 Å². The van der Waals surface area contributed by atoms with E-state index < -0.39 is 0 Å². The van der Waals surface area contributed by atoms with Crippen LogP contribution in [0.3, 0.4) is 0 Å². The molecule has 4 rings (SSSR count). The Bertz CT molecular complexity index is 1130. The van der Waals surface area contributed by atoms with Crippen LogP contribution in [-0.2, 0) is 13.0 Å². The van der Waals surface area contributed by atoms with Crippen LogP contribution in [0.5, 0.6) is 5.75 Å². The molecule has 0 spiro atoms. The largest absolute Gasteiger partial charge is 0.497 e. The number of hydrogen-bond acceptors (Lipinski definition) is 7. The van der Waals surface area contributed by atoms with Crippen molar-refractivity contribution in [1.29, 1.82) is 0 Å². The molecule has 0 N–H and O–H groups in total. The second-order valence-electron chi connectivity index (χ2n) is 6.09. The van der Waals surface area contributed by atoms with E-state index in [1.165, 1.54) is 22.2 Å². The van der Waals surface area contributed by atoms with Crippen molar-refractivity contribution in [3.05, 3.63) is 58.7 Å². The van der Waals surface area contributed by atoms with E-state index in [9.17, 15) is 4.79 Å². The summed E-state index contributed by atoms with van der Waals surface area (Å²) in [6.07, 6.45) is 3.19. The number of rotatable bonds is 6. The van der Waals surface area contributed by atoms with E-state index in [1.807, 2.05) is 37.3 Å². The number of thiophene rings is 1. The van der Waals surface area contributed by atoms with Gasteiger partial charge in [-0.15, -0.1) is 11.3 Å². The molecular formula is C19H18N4O3S. The standard InChI is InChI=1S/C19H18N4O3S/c1-3-4-17-21-16(22-26-17)10-23-11-20-14-9-15(27-18(14)19(23)24)12-5-7-13(25-2)8-6-12/h5-9,11H,3-4,10H2,1-2H3. The summed E-state index contributed by atoms with van der Waals surface area (Å²) >= 11 is 1.43. The molecule has 0 aliphatic heterocycles. The summed E-state index contributed by atoms with van der Waals surface area (Å²) in [6.45, 7) is 2.29. The van der Waals surface area contributed by atoms with Crippen LogP contribution in [0.25, 0.3) is 20.7 Å². The molecule has 0 amide bonds. The summed E-state index contributed by atoms with van der Waals surface area (Å²) in [5, 5.41) is 3.94. The molecule has 0 aliphatic carbocycles. The minimum atomic E-state index is -0.105. The fourth-order valence-corrected chi connectivity index (χ4v) is 3.84. The Labute approximate surface area is 159 Å². The predicted octanol–water partition coefficient (Wildman–Crippen LogP) is 3.52. The average Bonchev–Trinajstić information content (AvgIpc) is 3.32. The topological polar surface area (TPSA) is 83.0 Å². The molecular weight excluding hydrogens is 364 g/mol. The number of hydrogen-bond donors (Lipinski definition) is 0. The first-order chi connectivity index (χ1) is 13.2. The molecule has 7 nitrogen and oxygen atoms in total. The van der Waals surface area contributed by atoms with Gasteiger partial charge in [-0.05, 0) is 42.3 Å². The first-order valence-corrected chi connectivity index (χ1v) is 9.44. The third-order valence-electron chi connectivity index (χ3n) is 4.16. The van der Waals surface area contributed by atoms with Gasteiger partial charge >= 0.3 is 0 Å². The molecule has 0 fully saturated rings. The van der Waals surface area contributed by atoms with Crippen molar-refractivity contribution in [3.63, 3.8) is 0 Å². The van der Waals surface area contributed by atoms with E-state index in [4.69, 9.17) is 9.26 Å². The monoisotopic (exact) mass is 382 g/mol. The van der Waals surface area contributed by atoms with E-state index in [0.29, 0.717) is 21.9 Å². The highest BCUT2D eigenvalue weighted by Gasteiger charge is 2.13. The molecule has 0 radical (unpaired) electrons. The number of ether oxygens (including phenoxy) is 1. The Morgan fingerprint density at radius 2 is 2.07 bits per heavy atom. The van der Waals surface area contributed by atoms with Crippen molar-refractivity contribution < 1.29 is 9.26 Å². The van der Waals surface area contributed by atoms with Gasteiger partial charge in [-0.25, -0.2) is 4.98 Å². The highest BCUT2D eigenvalue weighted by atomic mass is 32.1. The summed E-state index contributed by atoms with van der Waals surface area (Å²) in [5.74, 6) is 1.86. The zero-order valence-electron chi connectivity index (χ0n) is 15.0. The lowest BCUT2D eigenvalue weighted by Crippen LogP contribution is -2.20. The van der Waals surface area contributed by atoms with Crippen LogP contribution in [0.1, 0.15) is 25.1 Å². The number of methoxy groups -OCH3 is 1. The first-order valence-electron chi connectivity index (χ1n) is 8.63. The van der Waals surface area contributed by atoms with E-state index in [0.717, 1.165) is 29.0 Å². The maximum atomic E-state index is 12.8. The van der Waals surface area contributed by atoms with Gasteiger partial charge in [0.05, 0.1) is 25.5 Å². The van der Waals surface area contributed by atoms with Crippen LogP contribution in [0.2, 0.25) is 0 Å². The molecule has 1 aromatic carbocycles. The number of aryl methyl sites for hydroxylation is 1. The lowest BCUT2D eigenvalue weighted by molar-refractivity contribution is 0.371. The molecule has 0 bridgehead atoms. The molecule has 0 saturated heterocycles. The molecule has 138 valence electrons. The maximum Gasteiger partial charge on any atom is 0.271 e. The highest BCUT2D eigenvalue weighted by molar-refractivity contribution is 7.22. The second-order valence-corrected chi connectivity index (χ2v) is 7.14. The van der Waals surface area contributed by atoms with Crippen LogP contribution < -0.4 is 10.3 Å². The third-order valence-corrected chi connectivity index (χ3v) is 5.33. The lowest BCUT2D eigenvalue weighted by Gasteiger charge is -2.00. The SMILES string of the molecule is CCCc1nc(Cn2cnc3cc(-c4ccc(OC)cc4)sc3c2=O)no1. The molecule has 3 heterocycles. The Hall–Kier alpha value is -3.00. The molecule has 0 atom stereocenters. The summed E-state index contributed by atoms with van der Waals surface area (Å²) in [7, 11) is 1.63. The molecule has 27 heavy (non-hydrogen) atoms. The van der Waals surface area contributed by atoms with Crippen LogP contribution in [0.4, 0.5) is 0 Å². The highest BCUT2D eigenvalue weighted by Crippen LogP contribution is 2.31. The number of nitrogens with zero attached hydrogens (tertiary/aromatic N) is 4. The maximum absolute atomic E-state index is 12.8. The fraction of sp³-hybridized carbons (Fsp3) is 0.263. The summed E-state index contributed by atoms with van der Waals surface area (Å²) < 4.78 is 12.5. The molecule has 0 unspecified atom stereocenters. The number of aromatic nitrogens is 4. The fourth-order valence-electron chi connectivity index (χ4n) is 2.78.